The van der Waals surface area contributed by atoms with E-state index >= 15 is 0 Å². The first kappa shape index (κ1) is 14.1. The number of aldehydes is 1. The third-order valence-corrected chi connectivity index (χ3v) is 3.95. The molecule has 3 rings (SSSR count). The molecule has 1 heterocycles. The van der Waals surface area contributed by atoms with Gasteiger partial charge >= 0.3 is 6.18 Å². The molecular weight excluding hydrogens is 281 g/mol. The normalized spacial score (nSPS) is 22.4. The van der Waals surface area contributed by atoms with Crippen LogP contribution in [0.25, 0.3) is 0 Å². The second-order valence-corrected chi connectivity index (χ2v) is 5.33. The number of nitrogens with zero attached hydrogens (tertiary/aromatic N) is 1. The summed E-state index contributed by atoms with van der Waals surface area (Å²) in [5.74, 6) is 0. The summed E-state index contributed by atoms with van der Waals surface area (Å²) in [6.07, 6.45) is -0.854. The van der Waals surface area contributed by atoms with Crippen LogP contribution in [0, 0.1) is 0 Å². The molecule has 1 aliphatic carbocycles. The largest absolute Gasteiger partial charge is 0.409 e. The smallest absolute Gasteiger partial charge is 0.298 e. The lowest BCUT2D eigenvalue weighted by Gasteiger charge is -2.25. The van der Waals surface area contributed by atoms with E-state index in [9.17, 15) is 18.0 Å². The Morgan fingerprint density at radius 2 is 2.00 bits per heavy atom. The maximum absolute atomic E-state index is 13.2. The number of carbonyl (C=O) groups is 1. The van der Waals surface area contributed by atoms with Gasteiger partial charge in [-0.3, -0.25) is 9.80 Å². The third kappa shape index (κ3) is 2.55. The maximum Gasteiger partial charge on any atom is 0.409 e. The van der Waals surface area contributed by atoms with Crippen molar-refractivity contribution in [2.24, 2.45) is 0 Å². The molecule has 21 heavy (non-hydrogen) atoms. The van der Waals surface area contributed by atoms with Crippen LogP contribution >= 0.6 is 0 Å². The minimum absolute atomic E-state index is 0.435. The molecule has 1 aromatic carbocycles. The highest BCUT2D eigenvalue weighted by atomic mass is 19.4. The van der Waals surface area contributed by atoms with Crippen LogP contribution in [0.15, 0.2) is 35.5 Å². The van der Waals surface area contributed by atoms with E-state index in [1.54, 1.807) is 24.3 Å². The lowest BCUT2D eigenvalue weighted by molar-refractivity contribution is -0.145. The van der Waals surface area contributed by atoms with Crippen LogP contribution in [0.2, 0.25) is 0 Å². The summed E-state index contributed by atoms with van der Waals surface area (Å²) >= 11 is 0. The topological polar surface area (TPSA) is 32.3 Å². The number of rotatable bonds is 2. The van der Waals surface area contributed by atoms with Crippen LogP contribution in [0.3, 0.4) is 0 Å². The number of carbonyl (C=O) groups excluding carboxylic acids is 1. The van der Waals surface area contributed by atoms with Gasteiger partial charge in [-0.25, -0.2) is 5.43 Å². The number of hydrazine groups is 1. The van der Waals surface area contributed by atoms with Gasteiger partial charge in [-0.1, -0.05) is 12.1 Å². The number of hydrogen-bond donors (Lipinski definition) is 1. The zero-order valence-electron chi connectivity index (χ0n) is 11.3. The number of anilines is 1. The van der Waals surface area contributed by atoms with E-state index < -0.39 is 12.2 Å². The van der Waals surface area contributed by atoms with Gasteiger partial charge in [0.25, 0.3) is 0 Å². The van der Waals surface area contributed by atoms with Crippen LogP contribution in [0.5, 0.6) is 0 Å². The Hall–Kier alpha value is -1.82. The highest BCUT2D eigenvalue weighted by Gasteiger charge is 2.48. The van der Waals surface area contributed by atoms with Gasteiger partial charge in [0.15, 0.2) is 0 Å². The monoisotopic (exact) mass is 296 g/mol. The average Bonchev–Trinajstić information content (AvgIpc) is 2.87. The Bertz CT molecular complexity index is 595. The molecule has 0 fully saturated rings. The van der Waals surface area contributed by atoms with E-state index in [0.29, 0.717) is 41.6 Å². The molecule has 0 amide bonds. The molecule has 0 radical (unpaired) electrons. The number of halogens is 3. The van der Waals surface area contributed by atoms with E-state index in [2.05, 4.69) is 5.43 Å². The van der Waals surface area contributed by atoms with Crippen molar-refractivity contribution in [3.05, 3.63) is 41.1 Å². The quantitative estimate of drug-likeness (QED) is 0.847. The van der Waals surface area contributed by atoms with Gasteiger partial charge in [-0.2, -0.15) is 13.2 Å². The molecule has 1 aromatic rings. The Labute approximate surface area is 120 Å². The van der Waals surface area contributed by atoms with Crippen LogP contribution in [-0.4, -0.2) is 18.5 Å². The van der Waals surface area contributed by atoms with Crippen molar-refractivity contribution >= 4 is 12.0 Å². The second-order valence-electron chi connectivity index (χ2n) is 5.33. The molecule has 3 nitrogen and oxygen atoms in total. The summed E-state index contributed by atoms with van der Waals surface area (Å²) in [6.45, 7) is 0. The van der Waals surface area contributed by atoms with Crippen molar-refractivity contribution in [3.63, 3.8) is 0 Å². The molecule has 1 unspecified atom stereocenters. The minimum atomic E-state index is -4.31. The Morgan fingerprint density at radius 1 is 1.24 bits per heavy atom. The van der Waals surface area contributed by atoms with Gasteiger partial charge in [0.2, 0.25) is 0 Å². The Morgan fingerprint density at radius 3 is 2.71 bits per heavy atom. The molecule has 0 spiro atoms. The van der Waals surface area contributed by atoms with Gasteiger partial charge in [-0.15, -0.1) is 0 Å². The summed E-state index contributed by atoms with van der Waals surface area (Å²) < 4.78 is 39.6. The van der Waals surface area contributed by atoms with Crippen molar-refractivity contribution in [1.29, 1.82) is 0 Å². The average molecular weight is 296 g/mol. The molecule has 0 bridgehead atoms. The molecule has 6 heteroatoms. The van der Waals surface area contributed by atoms with E-state index in [1.807, 2.05) is 0 Å². The highest BCUT2D eigenvalue weighted by molar-refractivity contribution is 5.77. The summed E-state index contributed by atoms with van der Waals surface area (Å²) in [7, 11) is 0. The Kier molecular flexibility index (Phi) is 3.49. The predicted molar refractivity (Wildman–Crippen MR) is 72.8 cm³/mol. The Balaban J connectivity index is 2.00. The molecule has 1 aliphatic heterocycles. The first-order valence-electron chi connectivity index (χ1n) is 6.91. The lowest BCUT2D eigenvalue weighted by Crippen LogP contribution is -2.45. The lowest BCUT2D eigenvalue weighted by atomic mass is 9.92. The van der Waals surface area contributed by atoms with Crippen molar-refractivity contribution in [2.45, 2.75) is 37.9 Å². The molecule has 112 valence electrons. The minimum Gasteiger partial charge on any atom is -0.298 e. The first-order valence-corrected chi connectivity index (χ1v) is 6.91. The van der Waals surface area contributed by atoms with E-state index in [1.165, 1.54) is 5.01 Å². The van der Waals surface area contributed by atoms with E-state index in [0.717, 1.165) is 12.8 Å². The fraction of sp³-hybridized carbons (Fsp3) is 0.400. The van der Waals surface area contributed by atoms with Gasteiger partial charge < -0.3 is 0 Å². The predicted octanol–water partition coefficient (Wildman–Crippen LogP) is 3.58. The number of allylic oxidation sites excluding steroid dienone is 1. The van der Waals surface area contributed by atoms with E-state index in [4.69, 9.17) is 0 Å². The highest BCUT2D eigenvalue weighted by Crippen LogP contribution is 2.41. The third-order valence-electron chi connectivity index (χ3n) is 3.95. The van der Waals surface area contributed by atoms with Crippen molar-refractivity contribution < 1.29 is 18.0 Å². The van der Waals surface area contributed by atoms with Gasteiger partial charge in [0.05, 0.1) is 5.69 Å². The van der Waals surface area contributed by atoms with Crippen molar-refractivity contribution in [2.75, 3.05) is 5.01 Å². The zero-order valence-corrected chi connectivity index (χ0v) is 11.3. The molecule has 0 aromatic heterocycles. The summed E-state index contributed by atoms with van der Waals surface area (Å²) in [5, 5.41) is 1.50. The molecule has 0 saturated heterocycles. The number of benzene rings is 1. The standard InChI is InChI=1S/C15H15F3N2O/c16-15(17,18)14-12-6-1-2-7-13(12)20(19-14)11-5-3-4-10(8-11)9-21/h3-5,8-9,14,19H,1-2,6-7H2. The molecule has 1 N–H and O–H groups in total. The van der Waals surface area contributed by atoms with E-state index in [-0.39, 0.29) is 0 Å². The molecule has 0 saturated carbocycles. The molecular formula is C15H15F3N2O. The van der Waals surface area contributed by atoms with Crippen molar-refractivity contribution in [3.8, 4) is 0 Å². The maximum atomic E-state index is 13.2. The molecule has 1 atom stereocenters. The fourth-order valence-electron chi connectivity index (χ4n) is 3.00. The summed E-state index contributed by atoms with van der Waals surface area (Å²) in [5.41, 5.74) is 4.71. The fourth-order valence-corrected chi connectivity index (χ4v) is 3.00. The van der Waals surface area contributed by atoms with Gasteiger partial charge in [0, 0.05) is 11.3 Å². The first-order chi connectivity index (χ1) is 10.0. The summed E-state index contributed by atoms with van der Waals surface area (Å²) in [4.78, 5) is 10.8. The second kappa shape index (κ2) is 5.18. The van der Waals surface area contributed by atoms with Crippen LogP contribution in [0.4, 0.5) is 18.9 Å². The van der Waals surface area contributed by atoms with Gasteiger partial charge in [-0.05, 0) is 43.4 Å². The molecule has 2 aliphatic rings. The summed E-state index contributed by atoms with van der Waals surface area (Å²) in [6, 6.07) is 4.98. The number of nitrogens with one attached hydrogen (secondary N) is 1. The van der Waals surface area contributed by atoms with Crippen LogP contribution in [-0.2, 0) is 0 Å². The number of hydrogen-bond acceptors (Lipinski definition) is 3. The van der Waals surface area contributed by atoms with Crippen LogP contribution in [0.1, 0.15) is 36.0 Å². The number of alkyl halides is 3. The zero-order chi connectivity index (χ0) is 15.0. The van der Waals surface area contributed by atoms with Gasteiger partial charge in [0.1, 0.15) is 12.3 Å². The SMILES string of the molecule is O=Cc1cccc(N2NC(C(F)(F)F)C3=C2CCCC3)c1. The van der Waals surface area contributed by atoms with Crippen LogP contribution < -0.4 is 10.4 Å². The van der Waals surface area contributed by atoms with Crippen molar-refractivity contribution in [1.82, 2.24) is 5.43 Å².